The number of hydrogen-bond donors (Lipinski definition) is 0. The van der Waals surface area contributed by atoms with Gasteiger partial charge in [0.1, 0.15) is 0 Å². The van der Waals surface area contributed by atoms with Crippen LogP contribution in [-0.4, -0.2) is 9.78 Å². The van der Waals surface area contributed by atoms with Crippen LogP contribution in [0, 0.1) is 0 Å². The van der Waals surface area contributed by atoms with E-state index in [1.165, 1.54) is 11.3 Å². The van der Waals surface area contributed by atoms with Crippen molar-refractivity contribution in [2.75, 3.05) is 0 Å². The molecule has 0 aliphatic heterocycles. The van der Waals surface area contributed by atoms with Crippen molar-refractivity contribution in [2.24, 2.45) is 0 Å². The van der Waals surface area contributed by atoms with Crippen LogP contribution in [0.2, 0.25) is 0 Å². The lowest BCUT2D eigenvalue weighted by atomic mass is 9.89. The summed E-state index contributed by atoms with van der Waals surface area (Å²) in [5.74, 6) is 0. The molecule has 0 radical (unpaired) electrons. The molecule has 0 unspecified atom stereocenters. The molecule has 0 aliphatic carbocycles. The average molecular weight is 194 g/mol. The van der Waals surface area contributed by atoms with Gasteiger partial charge in [-0.05, 0) is 25.8 Å². The van der Waals surface area contributed by atoms with Crippen LogP contribution >= 0.6 is 0 Å². The van der Waals surface area contributed by atoms with E-state index in [0.717, 1.165) is 6.42 Å². The molecule has 0 bridgehead atoms. The molecule has 1 aromatic rings. The second kappa shape index (κ2) is 3.76. The molecule has 0 aliphatic rings. The molecule has 0 atom stereocenters. The molecular weight excluding hydrogens is 172 g/mol. The van der Waals surface area contributed by atoms with Crippen LogP contribution in [0.4, 0.5) is 0 Å². The summed E-state index contributed by atoms with van der Waals surface area (Å²) in [5.41, 5.74) is 2.78. The van der Waals surface area contributed by atoms with Crippen molar-refractivity contribution < 1.29 is 0 Å². The van der Waals surface area contributed by atoms with Gasteiger partial charge in [-0.3, -0.25) is 4.68 Å². The summed E-state index contributed by atoms with van der Waals surface area (Å²) in [6.07, 6.45) is 3.25. The first-order chi connectivity index (χ1) is 6.36. The summed E-state index contributed by atoms with van der Waals surface area (Å²) in [7, 11) is 0. The average Bonchev–Trinajstić information content (AvgIpc) is 2.46. The molecular formula is C12H22N2. The zero-order valence-corrected chi connectivity index (χ0v) is 10.3. The minimum Gasteiger partial charge on any atom is -0.270 e. The zero-order valence-electron chi connectivity index (χ0n) is 10.3. The van der Waals surface area contributed by atoms with Gasteiger partial charge < -0.3 is 0 Å². The second-order valence-corrected chi connectivity index (χ2v) is 5.18. The molecule has 0 aromatic carbocycles. The third-order valence-corrected chi connectivity index (χ3v) is 2.43. The van der Waals surface area contributed by atoms with E-state index in [0.29, 0.717) is 6.04 Å². The first-order valence-electron chi connectivity index (χ1n) is 5.44. The third-order valence-electron chi connectivity index (χ3n) is 2.43. The summed E-state index contributed by atoms with van der Waals surface area (Å²) >= 11 is 0. The molecule has 0 saturated carbocycles. The Balaban J connectivity index is 3.16. The van der Waals surface area contributed by atoms with Gasteiger partial charge in [-0.25, -0.2) is 0 Å². The fraction of sp³-hybridized carbons (Fsp3) is 0.750. The molecule has 1 rings (SSSR count). The predicted molar refractivity (Wildman–Crippen MR) is 60.7 cm³/mol. The van der Waals surface area contributed by atoms with Crippen molar-refractivity contribution in [1.82, 2.24) is 9.78 Å². The molecule has 0 fully saturated rings. The zero-order chi connectivity index (χ0) is 10.9. The maximum Gasteiger partial charge on any atom is 0.0709 e. The van der Waals surface area contributed by atoms with E-state index in [4.69, 9.17) is 0 Å². The highest BCUT2D eigenvalue weighted by molar-refractivity contribution is 5.24. The molecule has 0 saturated heterocycles. The summed E-state index contributed by atoms with van der Waals surface area (Å²) in [6.45, 7) is 13.2. The molecule has 0 amide bonds. The summed E-state index contributed by atoms with van der Waals surface area (Å²) in [6, 6.07) is 0.455. The Kier molecular flexibility index (Phi) is 3.03. The lowest BCUT2D eigenvalue weighted by Crippen LogP contribution is -2.15. The van der Waals surface area contributed by atoms with Crippen LogP contribution in [-0.2, 0) is 11.8 Å². The van der Waals surface area contributed by atoms with E-state index in [9.17, 15) is 0 Å². The predicted octanol–water partition coefficient (Wildman–Crippen LogP) is 3.32. The molecule has 0 N–H and O–H groups in total. The van der Waals surface area contributed by atoms with Gasteiger partial charge >= 0.3 is 0 Å². The first kappa shape index (κ1) is 11.3. The van der Waals surface area contributed by atoms with Gasteiger partial charge in [0.25, 0.3) is 0 Å². The SMILES string of the molecule is CCc1cn(C(C)C)nc1C(C)(C)C. The fourth-order valence-corrected chi connectivity index (χ4v) is 1.58. The van der Waals surface area contributed by atoms with Gasteiger partial charge in [0.15, 0.2) is 0 Å². The Morgan fingerprint density at radius 2 is 1.93 bits per heavy atom. The van der Waals surface area contributed by atoms with E-state index in [2.05, 4.69) is 57.5 Å². The maximum atomic E-state index is 4.67. The molecule has 80 valence electrons. The van der Waals surface area contributed by atoms with E-state index in [1.807, 2.05) is 0 Å². The Morgan fingerprint density at radius 1 is 1.36 bits per heavy atom. The lowest BCUT2D eigenvalue weighted by Gasteiger charge is -2.17. The van der Waals surface area contributed by atoms with Gasteiger partial charge in [0, 0.05) is 17.7 Å². The van der Waals surface area contributed by atoms with Gasteiger partial charge in [-0.2, -0.15) is 5.10 Å². The summed E-state index contributed by atoms with van der Waals surface area (Å²) in [5, 5.41) is 4.67. The Morgan fingerprint density at radius 3 is 2.21 bits per heavy atom. The first-order valence-corrected chi connectivity index (χ1v) is 5.44. The standard InChI is InChI=1S/C12H22N2/c1-7-10-8-14(9(2)3)13-11(10)12(4,5)6/h8-9H,7H2,1-6H3. The highest BCUT2D eigenvalue weighted by Gasteiger charge is 2.21. The molecule has 1 aromatic heterocycles. The van der Waals surface area contributed by atoms with E-state index < -0.39 is 0 Å². The van der Waals surface area contributed by atoms with Gasteiger partial charge in [0.2, 0.25) is 0 Å². The number of aromatic nitrogens is 2. The van der Waals surface area contributed by atoms with Crippen molar-refractivity contribution >= 4 is 0 Å². The number of nitrogens with zero attached hydrogens (tertiary/aromatic N) is 2. The van der Waals surface area contributed by atoms with Gasteiger partial charge in [-0.15, -0.1) is 0 Å². The van der Waals surface area contributed by atoms with Crippen molar-refractivity contribution in [3.05, 3.63) is 17.5 Å². The smallest absolute Gasteiger partial charge is 0.0709 e. The van der Waals surface area contributed by atoms with Crippen LogP contribution in [0.5, 0.6) is 0 Å². The lowest BCUT2D eigenvalue weighted by molar-refractivity contribution is 0.494. The van der Waals surface area contributed by atoms with Crippen LogP contribution in [0.3, 0.4) is 0 Å². The van der Waals surface area contributed by atoms with Crippen molar-refractivity contribution in [3.63, 3.8) is 0 Å². The normalized spacial score (nSPS) is 12.5. The minimum atomic E-state index is 0.158. The molecule has 1 heterocycles. The van der Waals surface area contributed by atoms with Crippen LogP contribution in [0.25, 0.3) is 0 Å². The second-order valence-electron chi connectivity index (χ2n) is 5.18. The van der Waals surface area contributed by atoms with E-state index in [1.54, 1.807) is 0 Å². The molecule has 2 heteroatoms. The maximum absolute atomic E-state index is 4.67. The quantitative estimate of drug-likeness (QED) is 0.706. The topological polar surface area (TPSA) is 17.8 Å². The fourth-order valence-electron chi connectivity index (χ4n) is 1.58. The molecule has 2 nitrogen and oxygen atoms in total. The van der Waals surface area contributed by atoms with Crippen LogP contribution in [0.1, 0.15) is 58.8 Å². The van der Waals surface area contributed by atoms with Crippen LogP contribution in [0.15, 0.2) is 6.20 Å². The van der Waals surface area contributed by atoms with Crippen molar-refractivity contribution in [3.8, 4) is 0 Å². The van der Waals surface area contributed by atoms with Gasteiger partial charge in [-0.1, -0.05) is 27.7 Å². The molecule has 0 spiro atoms. The minimum absolute atomic E-state index is 0.158. The Labute approximate surface area is 87.3 Å². The van der Waals surface area contributed by atoms with Crippen LogP contribution < -0.4 is 0 Å². The monoisotopic (exact) mass is 194 g/mol. The van der Waals surface area contributed by atoms with E-state index in [-0.39, 0.29) is 5.41 Å². The molecule has 14 heavy (non-hydrogen) atoms. The third kappa shape index (κ3) is 2.17. The Bertz CT molecular complexity index is 303. The Hall–Kier alpha value is -0.790. The number of hydrogen-bond acceptors (Lipinski definition) is 1. The number of rotatable bonds is 2. The van der Waals surface area contributed by atoms with Crippen molar-refractivity contribution in [2.45, 2.75) is 59.4 Å². The highest BCUT2D eigenvalue weighted by atomic mass is 15.3. The van der Waals surface area contributed by atoms with E-state index >= 15 is 0 Å². The number of aryl methyl sites for hydroxylation is 1. The summed E-state index contributed by atoms with van der Waals surface area (Å²) < 4.78 is 2.07. The highest BCUT2D eigenvalue weighted by Crippen LogP contribution is 2.25. The largest absolute Gasteiger partial charge is 0.270 e. The van der Waals surface area contributed by atoms with Crippen molar-refractivity contribution in [1.29, 1.82) is 0 Å². The summed E-state index contributed by atoms with van der Waals surface area (Å²) in [4.78, 5) is 0. The van der Waals surface area contributed by atoms with Gasteiger partial charge in [0.05, 0.1) is 5.69 Å².